The fourth-order valence-electron chi connectivity index (χ4n) is 1.27. The van der Waals surface area contributed by atoms with Crippen LogP contribution in [-0.2, 0) is 9.53 Å². The van der Waals surface area contributed by atoms with E-state index in [1.165, 1.54) is 11.8 Å². The van der Waals surface area contributed by atoms with Crippen molar-refractivity contribution in [2.45, 2.75) is 59.7 Å². The Hall–Kier alpha value is -0.0600. The summed E-state index contributed by atoms with van der Waals surface area (Å²) >= 11 is 1.30. The second kappa shape index (κ2) is 5.72. The quantitative estimate of drug-likeness (QED) is 0.827. The third-order valence-electron chi connectivity index (χ3n) is 2.10. The van der Waals surface area contributed by atoms with Crippen molar-refractivity contribution in [3.05, 3.63) is 0 Å². The van der Waals surface area contributed by atoms with E-state index in [4.69, 9.17) is 9.84 Å². The molecule has 0 heterocycles. The van der Waals surface area contributed by atoms with Crippen LogP contribution in [0.3, 0.4) is 0 Å². The number of carbonyl (C=O) groups is 1. The molecule has 0 aromatic heterocycles. The first-order valence-electron chi connectivity index (χ1n) is 5.88. The third kappa shape index (κ3) is 7.06. The van der Waals surface area contributed by atoms with E-state index < -0.39 is 11.2 Å². The predicted octanol–water partition coefficient (Wildman–Crippen LogP) is 2.86. The van der Waals surface area contributed by atoms with Crippen molar-refractivity contribution in [3.63, 3.8) is 0 Å². The molecule has 0 radical (unpaired) electrons. The van der Waals surface area contributed by atoms with Crippen LogP contribution in [0, 0.1) is 5.41 Å². The lowest BCUT2D eigenvalue weighted by Gasteiger charge is -2.35. The highest BCUT2D eigenvalue weighted by Crippen LogP contribution is 2.29. The minimum Gasteiger partial charge on any atom is -0.393 e. The van der Waals surface area contributed by atoms with Gasteiger partial charge in [0.05, 0.1) is 17.8 Å². The maximum atomic E-state index is 11.8. The Kier molecular flexibility index (Phi) is 5.70. The van der Waals surface area contributed by atoms with Gasteiger partial charge in [-0.3, -0.25) is 4.79 Å². The van der Waals surface area contributed by atoms with Crippen molar-refractivity contribution in [3.8, 4) is 0 Å². The molecule has 0 amide bonds. The van der Waals surface area contributed by atoms with E-state index in [1.807, 2.05) is 48.5 Å². The third-order valence-corrected chi connectivity index (χ3v) is 3.81. The monoisotopic (exact) mass is 262 g/mol. The lowest BCUT2D eigenvalue weighted by molar-refractivity contribution is -0.131. The van der Waals surface area contributed by atoms with Crippen molar-refractivity contribution in [1.29, 1.82) is 0 Å². The second-order valence-electron chi connectivity index (χ2n) is 6.61. The van der Waals surface area contributed by atoms with Gasteiger partial charge in [-0.1, -0.05) is 32.5 Å². The Bertz CT molecular complexity index is 264. The first-order chi connectivity index (χ1) is 7.40. The molecule has 0 unspecified atom stereocenters. The average Bonchev–Trinajstić information content (AvgIpc) is 2.11. The molecule has 0 aliphatic heterocycles. The van der Waals surface area contributed by atoms with Crippen LogP contribution in [-0.4, -0.2) is 33.8 Å². The number of thioether (sulfide) groups is 1. The van der Waals surface area contributed by atoms with E-state index in [2.05, 4.69) is 0 Å². The van der Waals surface area contributed by atoms with Crippen molar-refractivity contribution in [2.24, 2.45) is 5.41 Å². The van der Waals surface area contributed by atoms with Gasteiger partial charge in [-0.15, -0.1) is 0 Å². The minimum absolute atomic E-state index is 0.0334. The average molecular weight is 262 g/mol. The fourth-order valence-corrected chi connectivity index (χ4v) is 2.24. The first kappa shape index (κ1) is 16.9. The molecule has 0 saturated heterocycles. The van der Waals surface area contributed by atoms with Gasteiger partial charge in [0.1, 0.15) is 0 Å². The Morgan fingerprint density at radius 1 is 1.06 bits per heavy atom. The van der Waals surface area contributed by atoms with Crippen molar-refractivity contribution in [1.82, 2.24) is 0 Å². The molecule has 0 rings (SSSR count). The van der Waals surface area contributed by atoms with Crippen LogP contribution in [0.2, 0.25) is 0 Å². The largest absolute Gasteiger partial charge is 0.393 e. The zero-order chi connectivity index (χ0) is 13.9. The number of hydrogen-bond acceptors (Lipinski definition) is 4. The molecular formula is C13H26O3S. The Labute approximate surface area is 109 Å². The summed E-state index contributed by atoms with van der Waals surface area (Å²) in [6, 6.07) is 0. The zero-order valence-corrected chi connectivity index (χ0v) is 12.9. The van der Waals surface area contributed by atoms with Gasteiger partial charge in [0.25, 0.3) is 0 Å². The van der Waals surface area contributed by atoms with Gasteiger partial charge in [0, 0.05) is 11.2 Å². The maximum Gasteiger partial charge on any atom is 0.194 e. The van der Waals surface area contributed by atoms with E-state index >= 15 is 0 Å². The van der Waals surface area contributed by atoms with Crippen LogP contribution in [0.5, 0.6) is 0 Å². The lowest BCUT2D eigenvalue weighted by atomic mass is 10.00. The summed E-state index contributed by atoms with van der Waals surface area (Å²) in [6.45, 7) is 13.3. The summed E-state index contributed by atoms with van der Waals surface area (Å²) in [6.07, 6.45) is 0. The number of hydrogen-bond donors (Lipinski definition) is 1. The van der Waals surface area contributed by atoms with Gasteiger partial charge in [0.2, 0.25) is 0 Å². The van der Waals surface area contributed by atoms with Gasteiger partial charge in [0.15, 0.2) is 5.12 Å². The van der Waals surface area contributed by atoms with Crippen molar-refractivity contribution < 1.29 is 14.6 Å². The number of aliphatic hydroxyl groups is 1. The number of ether oxygens (including phenoxy) is 1. The summed E-state index contributed by atoms with van der Waals surface area (Å²) in [5, 5.41) is 9.33. The first-order valence-corrected chi connectivity index (χ1v) is 6.86. The molecule has 0 aromatic rings. The van der Waals surface area contributed by atoms with Crippen LogP contribution in [0.1, 0.15) is 48.5 Å². The van der Waals surface area contributed by atoms with E-state index in [0.29, 0.717) is 5.75 Å². The summed E-state index contributed by atoms with van der Waals surface area (Å²) < 4.78 is 5.81. The molecule has 0 aliphatic rings. The molecule has 0 atom stereocenters. The highest BCUT2D eigenvalue weighted by molar-refractivity contribution is 8.13. The van der Waals surface area contributed by atoms with Gasteiger partial charge in [-0.2, -0.15) is 0 Å². The van der Waals surface area contributed by atoms with E-state index in [-0.39, 0.29) is 17.1 Å². The Morgan fingerprint density at radius 2 is 1.53 bits per heavy atom. The van der Waals surface area contributed by atoms with Crippen LogP contribution in [0.4, 0.5) is 0 Å². The highest BCUT2D eigenvalue weighted by atomic mass is 32.2. The van der Waals surface area contributed by atoms with E-state index in [9.17, 15) is 4.79 Å². The van der Waals surface area contributed by atoms with Crippen molar-refractivity contribution in [2.75, 3.05) is 12.4 Å². The molecule has 0 bridgehead atoms. The molecule has 0 saturated carbocycles. The lowest BCUT2D eigenvalue weighted by Crippen LogP contribution is -2.41. The summed E-state index contributed by atoms with van der Waals surface area (Å²) in [7, 11) is 0. The molecule has 0 aliphatic carbocycles. The Balaban J connectivity index is 4.33. The van der Waals surface area contributed by atoms with Gasteiger partial charge >= 0.3 is 0 Å². The summed E-state index contributed by atoms with van der Waals surface area (Å²) in [5.41, 5.74) is -1.33. The van der Waals surface area contributed by atoms with Gasteiger partial charge in [-0.25, -0.2) is 0 Å². The molecule has 0 aromatic carbocycles. The van der Waals surface area contributed by atoms with Gasteiger partial charge in [-0.05, 0) is 27.7 Å². The number of rotatable bonds is 5. The number of aliphatic hydroxyl groups excluding tert-OH is 1. The van der Waals surface area contributed by atoms with E-state index in [0.717, 1.165) is 0 Å². The predicted molar refractivity (Wildman–Crippen MR) is 73.2 cm³/mol. The van der Waals surface area contributed by atoms with Crippen LogP contribution in [0.25, 0.3) is 0 Å². The van der Waals surface area contributed by atoms with Crippen molar-refractivity contribution >= 4 is 16.9 Å². The molecule has 17 heavy (non-hydrogen) atoms. The summed E-state index contributed by atoms with van der Waals surface area (Å²) in [5.74, 6) is 0.590. The molecule has 4 heteroatoms. The van der Waals surface area contributed by atoms with E-state index in [1.54, 1.807) is 0 Å². The molecule has 3 nitrogen and oxygen atoms in total. The summed E-state index contributed by atoms with van der Waals surface area (Å²) in [4.78, 5) is 11.8. The van der Waals surface area contributed by atoms with Gasteiger partial charge < -0.3 is 9.84 Å². The maximum absolute atomic E-state index is 11.8. The molecular weight excluding hydrogens is 236 g/mol. The topological polar surface area (TPSA) is 46.5 Å². The zero-order valence-electron chi connectivity index (χ0n) is 12.1. The highest BCUT2D eigenvalue weighted by Gasteiger charge is 2.31. The molecule has 0 spiro atoms. The number of carbonyl (C=O) groups excluding carboxylic acids is 1. The smallest absolute Gasteiger partial charge is 0.194 e. The molecule has 102 valence electrons. The SMILES string of the molecule is CC(C)(CO)OC(C)(C)CSC(=O)C(C)(C)C. The minimum atomic E-state index is -0.575. The normalized spacial score (nSPS) is 13.9. The Morgan fingerprint density at radius 3 is 1.88 bits per heavy atom. The van der Waals surface area contributed by atoms with Crippen LogP contribution < -0.4 is 0 Å². The fraction of sp³-hybridized carbons (Fsp3) is 0.923. The standard InChI is InChI=1S/C13H26O3S/c1-11(2,3)10(15)17-9-13(6,7)16-12(4,5)8-14/h14H,8-9H2,1-7H3. The van der Waals surface area contributed by atoms with Crippen LogP contribution in [0.15, 0.2) is 0 Å². The second-order valence-corrected chi connectivity index (χ2v) is 7.55. The van der Waals surface area contributed by atoms with Crippen LogP contribution >= 0.6 is 11.8 Å². The molecule has 1 N–H and O–H groups in total. The molecule has 0 fully saturated rings.